The fourth-order valence-corrected chi connectivity index (χ4v) is 1.19. The Hall–Kier alpha value is -1.12. The second-order valence-corrected chi connectivity index (χ2v) is 3.17. The number of hydrogen-bond acceptors (Lipinski definition) is 3. The molecule has 0 aromatic heterocycles. The molecule has 0 amide bonds. The van der Waals surface area contributed by atoms with Crippen LogP contribution in [0.4, 0.5) is 0 Å². The van der Waals surface area contributed by atoms with Crippen molar-refractivity contribution in [3.63, 3.8) is 0 Å². The van der Waals surface area contributed by atoms with Crippen LogP contribution in [0.15, 0.2) is 12.7 Å². The molecule has 80 valence electrons. The molecule has 1 unspecified atom stereocenters. The van der Waals surface area contributed by atoms with E-state index in [1.807, 2.05) is 6.92 Å². The van der Waals surface area contributed by atoms with Crippen LogP contribution in [0.25, 0.3) is 0 Å². The molecule has 0 saturated heterocycles. The van der Waals surface area contributed by atoms with E-state index in [1.54, 1.807) is 6.08 Å². The van der Waals surface area contributed by atoms with Gasteiger partial charge in [0.25, 0.3) is 0 Å². The highest BCUT2D eigenvalue weighted by Gasteiger charge is 2.24. The molecule has 0 radical (unpaired) electrons. The highest BCUT2D eigenvalue weighted by molar-refractivity contribution is 5.99. The normalized spacial score (nSPS) is 11.9. The van der Waals surface area contributed by atoms with Gasteiger partial charge in [-0.25, -0.2) is 0 Å². The van der Waals surface area contributed by atoms with Gasteiger partial charge in [0.1, 0.15) is 11.7 Å². The van der Waals surface area contributed by atoms with E-state index >= 15 is 0 Å². The number of rotatable bonds is 7. The minimum absolute atomic E-state index is 0.0430. The van der Waals surface area contributed by atoms with Crippen LogP contribution >= 0.6 is 0 Å². The lowest BCUT2D eigenvalue weighted by molar-refractivity contribution is -0.149. The molecular formula is C11H18O3. The maximum Gasteiger partial charge on any atom is 0.316 e. The van der Waals surface area contributed by atoms with E-state index in [-0.39, 0.29) is 5.78 Å². The molecule has 0 aromatic carbocycles. The van der Waals surface area contributed by atoms with Gasteiger partial charge in [0.2, 0.25) is 0 Å². The zero-order valence-corrected chi connectivity index (χ0v) is 8.91. The maximum atomic E-state index is 11.5. The molecule has 0 saturated carbocycles. The Morgan fingerprint density at radius 1 is 1.50 bits per heavy atom. The van der Waals surface area contributed by atoms with E-state index in [4.69, 9.17) is 0 Å². The summed E-state index contributed by atoms with van der Waals surface area (Å²) < 4.78 is 4.56. The summed E-state index contributed by atoms with van der Waals surface area (Å²) in [5, 5.41) is 0. The monoisotopic (exact) mass is 198 g/mol. The van der Waals surface area contributed by atoms with Crippen molar-refractivity contribution < 1.29 is 14.3 Å². The van der Waals surface area contributed by atoms with E-state index in [2.05, 4.69) is 11.3 Å². The van der Waals surface area contributed by atoms with Gasteiger partial charge in [-0.15, -0.1) is 6.58 Å². The van der Waals surface area contributed by atoms with Gasteiger partial charge in [-0.1, -0.05) is 19.4 Å². The van der Waals surface area contributed by atoms with Crippen LogP contribution in [-0.4, -0.2) is 18.9 Å². The average Bonchev–Trinajstić information content (AvgIpc) is 2.21. The first kappa shape index (κ1) is 12.9. The Bertz CT molecular complexity index is 209. The highest BCUT2D eigenvalue weighted by atomic mass is 16.5. The number of esters is 1. The van der Waals surface area contributed by atoms with Crippen LogP contribution in [-0.2, 0) is 14.3 Å². The molecular weight excluding hydrogens is 180 g/mol. The van der Waals surface area contributed by atoms with Crippen LogP contribution in [0.1, 0.15) is 32.6 Å². The molecule has 0 rings (SSSR count). The van der Waals surface area contributed by atoms with Crippen molar-refractivity contribution in [2.75, 3.05) is 7.11 Å². The SMILES string of the molecule is C=CCC(C(=O)CCCC)C(=O)OC. The molecule has 0 aromatic rings. The summed E-state index contributed by atoms with van der Waals surface area (Å²) in [6, 6.07) is 0. The first-order valence-corrected chi connectivity index (χ1v) is 4.88. The highest BCUT2D eigenvalue weighted by Crippen LogP contribution is 2.12. The Morgan fingerprint density at radius 3 is 2.57 bits per heavy atom. The Morgan fingerprint density at radius 2 is 2.14 bits per heavy atom. The number of hydrogen-bond donors (Lipinski definition) is 0. The summed E-state index contributed by atoms with van der Waals surface area (Å²) in [5.74, 6) is -1.14. The van der Waals surface area contributed by atoms with Crippen molar-refractivity contribution >= 4 is 11.8 Å². The molecule has 0 aliphatic carbocycles. The summed E-state index contributed by atoms with van der Waals surface area (Å²) in [7, 11) is 1.30. The molecule has 0 bridgehead atoms. The third-order valence-electron chi connectivity index (χ3n) is 2.05. The summed E-state index contributed by atoms with van der Waals surface area (Å²) in [6.07, 6.45) is 4.17. The molecule has 0 heterocycles. The lowest BCUT2D eigenvalue weighted by Crippen LogP contribution is -2.24. The standard InChI is InChI=1S/C11H18O3/c1-4-6-8-10(12)9(7-5-2)11(13)14-3/h5,9H,2,4,6-8H2,1,3H3. The number of carbonyl (C=O) groups excluding carboxylic acids is 2. The summed E-state index contributed by atoms with van der Waals surface area (Å²) >= 11 is 0. The molecule has 3 heteroatoms. The number of Topliss-reactive ketones (excluding diaryl/α,β-unsaturated/α-hetero) is 1. The summed E-state index contributed by atoms with van der Waals surface area (Å²) in [6.45, 7) is 5.53. The lowest BCUT2D eigenvalue weighted by atomic mass is 9.96. The van der Waals surface area contributed by atoms with E-state index in [0.29, 0.717) is 12.8 Å². The van der Waals surface area contributed by atoms with E-state index in [9.17, 15) is 9.59 Å². The number of unbranched alkanes of at least 4 members (excludes halogenated alkanes) is 1. The molecule has 0 N–H and O–H groups in total. The van der Waals surface area contributed by atoms with Gasteiger partial charge in [0, 0.05) is 6.42 Å². The fraction of sp³-hybridized carbons (Fsp3) is 0.636. The van der Waals surface area contributed by atoms with Crippen LogP contribution in [0.3, 0.4) is 0 Å². The van der Waals surface area contributed by atoms with Gasteiger partial charge in [0.05, 0.1) is 7.11 Å². The van der Waals surface area contributed by atoms with Crippen molar-refractivity contribution in [2.24, 2.45) is 5.92 Å². The zero-order chi connectivity index (χ0) is 11.0. The summed E-state index contributed by atoms with van der Waals surface area (Å²) in [4.78, 5) is 22.8. The number of ketones is 1. The van der Waals surface area contributed by atoms with Crippen molar-refractivity contribution in [3.05, 3.63) is 12.7 Å². The molecule has 0 aliphatic heterocycles. The second kappa shape index (κ2) is 7.30. The lowest BCUT2D eigenvalue weighted by Gasteiger charge is -2.10. The van der Waals surface area contributed by atoms with Gasteiger partial charge < -0.3 is 4.74 Å². The quantitative estimate of drug-likeness (QED) is 0.357. The Balaban J connectivity index is 4.24. The van der Waals surface area contributed by atoms with Crippen molar-refractivity contribution in [1.29, 1.82) is 0 Å². The second-order valence-electron chi connectivity index (χ2n) is 3.17. The Kier molecular flexibility index (Phi) is 6.72. The minimum atomic E-state index is -0.649. The zero-order valence-electron chi connectivity index (χ0n) is 8.91. The van der Waals surface area contributed by atoms with Crippen LogP contribution in [0, 0.1) is 5.92 Å². The number of carbonyl (C=O) groups is 2. The molecule has 0 aliphatic rings. The number of methoxy groups -OCH3 is 1. The van der Waals surface area contributed by atoms with Gasteiger partial charge in [0.15, 0.2) is 0 Å². The number of ether oxygens (including phenoxy) is 1. The van der Waals surface area contributed by atoms with Gasteiger partial charge in [-0.3, -0.25) is 9.59 Å². The van der Waals surface area contributed by atoms with Crippen LogP contribution in [0.2, 0.25) is 0 Å². The fourth-order valence-electron chi connectivity index (χ4n) is 1.19. The van der Waals surface area contributed by atoms with Crippen LogP contribution < -0.4 is 0 Å². The molecule has 1 atom stereocenters. The predicted molar refractivity (Wildman–Crippen MR) is 54.9 cm³/mol. The maximum absolute atomic E-state index is 11.5. The molecule has 0 fully saturated rings. The van der Waals surface area contributed by atoms with Crippen molar-refractivity contribution in [3.8, 4) is 0 Å². The van der Waals surface area contributed by atoms with E-state index < -0.39 is 11.9 Å². The molecule has 3 nitrogen and oxygen atoms in total. The molecule has 14 heavy (non-hydrogen) atoms. The van der Waals surface area contributed by atoms with Crippen LogP contribution in [0.5, 0.6) is 0 Å². The van der Waals surface area contributed by atoms with Gasteiger partial charge in [-0.2, -0.15) is 0 Å². The third-order valence-corrected chi connectivity index (χ3v) is 2.05. The topological polar surface area (TPSA) is 43.4 Å². The van der Waals surface area contributed by atoms with Crippen molar-refractivity contribution in [1.82, 2.24) is 0 Å². The van der Waals surface area contributed by atoms with E-state index in [1.165, 1.54) is 7.11 Å². The smallest absolute Gasteiger partial charge is 0.316 e. The van der Waals surface area contributed by atoms with Crippen molar-refractivity contribution in [2.45, 2.75) is 32.6 Å². The third kappa shape index (κ3) is 4.21. The predicted octanol–water partition coefficient (Wildman–Crippen LogP) is 2.11. The van der Waals surface area contributed by atoms with Gasteiger partial charge in [-0.05, 0) is 12.8 Å². The van der Waals surface area contributed by atoms with E-state index in [0.717, 1.165) is 12.8 Å². The number of allylic oxidation sites excluding steroid dienone is 1. The molecule has 0 spiro atoms. The largest absolute Gasteiger partial charge is 0.468 e. The minimum Gasteiger partial charge on any atom is -0.468 e. The first-order chi connectivity index (χ1) is 6.67. The van der Waals surface area contributed by atoms with Gasteiger partial charge >= 0.3 is 5.97 Å². The Labute approximate surface area is 85.1 Å². The summed E-state index contributed by atoms with van der Waals surface area (Å²) in [5.41, 5.74) is 0. The average molecular weight is 198 g/mol. The first-order valence-electron chi connectivity index (χ1n) is 4.88.